The van der Waals surface area contributed by atoms with E-state index in [4.69, 9.17) is 11.6 Å². The molecule has 0 atom stereocenters. The molecule has 4 nitrogen and oxygen atoms in total. The lowest BCUT2D eigenvalue weighted by Crippen LogP contribution is -2.31. The van der Waals surface area contributed by atoms with E-state index in [0.29, 0.717) is 18.9 Å². The van der Waals surface area contributed by atoms with E-state index in [1.807, 2.05) is 10.3 Å². The Bertz CT molecular complexity index is 663. The highest BCUT2D eigenvalue weighted by atomic mass is 35.5. The summed E-state index contributed by atoms with van der Waals surface area (Å²) in [5.41, 5.74) is -0.828. The number of pyridine rings is 1. The van der Waals surface area contributed by atoms with Crippen LogP contribution >= 0.6 is 22.9 Å². The van der Waals surface area contributed by atoms with Crippen LogP contribution in [0.2, 0.25) is 5.02 Å². The van der Waals surface area contributed by atoms with E-state index in [9.17, 15) is 13.2 Å². The van der Waals surface area contributed by atoms with Gasteiger partial charge in [0.15, 0.2) is 5.13 Å². The number of alkyl halides is 3. The molecule has 0 saturated carbocycles. The van der Waals surface area contributed by atoms with Crippen LogP contribution in [-0.4, -0.2) is 36.1 Å². The van der Waals surface area contributed by atoms with E-state index in [1.54, 1.807) is 17.5 Å². The minimum Gasteiger partial charge on any atom is -0.354 e. The number of aromatic nitrogens is 2. The first kappa shape index (κ1) is 16.3. The van der Waals surface area contributed by atoms with Crippen molar-refractivity contribution in [3.63, 3.8) is 0 Å². The van der Waals surface area contributed by atoms with Gasteiger partial charge in [-0.05, 0) is 12.5 Å². The monoisotopic (exact) mass is 362 g/mol. The minimum atomic E-state index is -4.43. The van der Waals surface area contributed by atoms with Crippen molar-refractivity contribution in [1.82, 2.24) is 9.97 Å². The summed E-state index contributed by atoms with van der Waals surface area (Å²) in [5, 5.41) is 2.91. The number of hydrogen-bond acceptors (Lipinski definition) is 5. The van der Waals surface area contributed by atoms with Gasteiger partial charge in [-0.3, -0.25) is 0 Å². The fourth-order valence-corrected chi connectivity index (χ4v) is 3.49. The number of nitrogens with zero attached hydrogens (tertiary/aromatic N) is 4. The lowest BCUT2D eigenvalue weighted by atomic mass is 10.2. The average molecular weight is 363 g/mol. The normalized spacial score (nSPS) is 16.5. The molecule has 0 spiro atoms. The molecule has 2 aromatic heterocycles. The zero-order chi connectivity index (χ0) is 16.4. The molecule has 0 aliphatic carbocycles. The molecule has 0 radical (unpaired) electrons. The van der Waals surface area contributed by atoms with Gasteiger partial charge in [0.05, 0.1) is 10.6 Å². The number of rotatable bonds is 2. The fourth-order valence-electron chi connectivity index (χ4n) is 2.51. The Labute approximate surface area is 140 Å². The van der Waals surface area contributed by atoms with E-state index in [2.05, 4.69) is 14.9 Å². The molecule has 1 saturated heterocycles. The van der Waals surface area contributed by atoms with Gasteiger partial charge < -0.3 is 9.80 Å². The Morgan fingerprint density at radius 3 is 2.48 bits per heavy atom. The van der Waals surface area contributed by atoms with E-state index >= 15 is 0 Å². The topological polar surface area (TPSA) is 32.3 Å². The lowest BCUT2D eigenvalue weighted by molar-refractivity contribution is -0.137. The average Bonchev–Trinajstić information content (AvgIpc) is 2.92. The number of hydrogen-bond donors (Lipinski definition) is 0. The maximum Gasteiger partial charge on any atom is 0.417 e. The molecule has 3 rings (SSSR count). The molecule has 0 amide bonds. The predicted octanol–water partition coefficient (Wildman–Crippen LogP) is 3.93. The largest absolute Gasteiger partial charge is 0.417 e. The zero-order valence-electron chi connectivity index (χ0n) is 12.1. The zero-order valence-corrected chi connectivity index (χ0v) is 13.6. The van der Waals surface area contributed by atoms with Gasteiger partial charge in [-0.25, -0.2) is 9.97 Å². The molecular weight excluding hydrogens is 349 g/mol. The predicted molar refractivity (Wildman–Crippen MR) is 85.4 cm³/mol. The number of anilines is 2. The summed E-state index contributed by atoms with van der Waals surface area (Å²) in [6.45, 7) is 2.91. The van der Waals surface area contributed by atoms with Crippen molar-refractivity contribution in [2.45, 2.75) is 12.6 Å². The van der Waals surface area contributed by atoms with E-state index in [1.165, 1.54) is 0 Å². The van der Waals surface area contributed by atoms with Crippen LogP contribution in [0.4, 0.5) is 24.1 Å². The molecule has 2 aromatic rings. The van der Waals surface area contributed by atoms with Crippen LogP contribution in [-0.2, 0) is 6.18 Å². The summed E-state index contributed by atoms with van der Waals surface area (Å²) in [5.74, 6) is 0.403. The van der Waals surface area contributed by atoms with Crippen LogP contribution in [0.25, 0.3) is 0 Å². The maximum atomic E-state index is 12.7. The van der Waals surface area contributed by atoms with Gasteiger partial charge in [-0.1, -0.05) is 11.6 Å². The molecule has 1 aliphatic rings. The third-order valence-corrected chi connectivity index (χ3v) is 4.74. The molecule has 0 N–H and O–H groups in total. The molecule has 124 valence electrons. The standard InChI is InChI=1S/C14H14ClF3N4S/c15-11-8-10(14(16,17)18)9-20-12(11)21-3-1-4-22(6-5-21)13-19-2-7-23-13/h2,7-9H,1,3-6H2. The van der Waals surface area contributed by atoms with E-state index < -0.39 is 11.7 Å². The minimum absolute atomic E-state index is 0.0301. The van der Waals surface area contributed by atoms with Crippen molar-refractivity contribution in [1.29, 1.82) is 0 Å². The quantitative estimate of drug-likeness (QED) is 0.810. The molecule has 9 heteroatoms. The Hall–Kier alpha value is -1.54. The van der Waals surface area contributed by atoms with Gasteiger partial charge in [0.2, 0.25) is 0 Å². The van der Waals surface area contributed by atoms with Crippen molar-refractivity contribution >= 4 is 33.9 Å². The Morgan fingerprint density at radius 2 is 1.83 bits per heavy atom. The highest BCUT2D eigenvalue weighted by molar-refractivity contribution is 7.13. The first-order chi connectivity index (χ1) is 10.9. The highest BCUT2D eigenvalue weighted by Crippen LogP contribution is 2.34. The third kappa shape index (κ3) is 3.69. The summed E-state index contributed by atoms with van der Waals surface area (Å²) < 4.78 is 38.1. The third-order valence-electron chi connectivity index (χ3n) is 3.63. The maximum absolute atomic E-state index is 12.7. The van der Waals surface area contributed by atoms with Gasteiger partial charge in [0.1, 0.15) is 5.82 Å². The molecule has 3 heterocycles. The second kappa shape index (κ2) is 6.52. The van der Waals surface area contributed by atoms with Crippen LogP contribution in [0.1, 0.15) is 12.0 Å². The SMILES string of the molecule is FC(F)(F)c1cnc(N2CCCN(c3nccs3)CC2)c(Cl)c1. The molecule has 1 aliphatic heterocycles. The summed E-state index contributed by atoms with van der Waals surface area (Å²) in [4.78, 5) is 12.3. The van der Waals surface area contributed by atoms with E-state index in [-0.39, 0.29) is 5.02 Å². The number of halogens is 4. The molecule has 0 unspecified atom stereocenters. The van der Waals surface area contributed by atoms with Gasteiger partial charge in [0, 0.05) is 44.0 Å². The van der Waals surface area contributed by atoms with Crippen LogP contribution in [0.15, 0.2) is 23.8 Å². The van der Waals surface area contributed by atoms with Crippen LogP contribution < -0.4 is 9.80 Å². The molecule has 0 bridgehead atoms. The summed E-state index contributed by atoms with van der Waals surface area (Å²) in [6.07, 6.45) is -0.976. The van der Waals surface area contributed by atoms with Crippen molar-refractivity contribution < 1.29 is 13.2 Å². The smallest absolute Gasteiger partial charge is 0.354 e. The van der Waals surface area contributed by atoms with Gasteiger partial charge in [-0.2, -0.15) is 13.2 Å². The van der Waals surface area contributed by atoms with Crippen molar-refractivity contribution in [2.75, 3.05) is 36.0 Å². The lowest BCUT2D eigenvalue weighted by Gasteiger charge is -2.23. The fraction of sp³-hybridized carbons (Fsp3) is 0.429. The molecule has 23 heavy (non-hydrogen) atoms. The Kier molecular flexibility index (Phi) is 4.63. The molecular formula is C14H14ClF3N4S. The Balaban J connectivity index is 1.75. The second-order valence-electron chi connectivity index (χ2n) is 5.17. The van der Waals surface area contributed by atoms with E-state index in [0.717, 1.165) is 36.9 Å². The summed E-state index contributed by atoms with van der Waals surface area (Å²) in [6, 6.07) is 0.938. The highest BCUT2D eigenvalue weighted by Gasteiger charge is 2.32. The second-order valence-corrected chi connectivity index (χ2v) is 6.45. The molecule has 0 aromatic carbocycles. The number of thiazole rings is 1. The first-order valence-electron chi connectivity index (χ1n) is 7.07. The Morgan fingerprint density at radius 1 is 1.09 bits per heavy atom. The first-order valence-corrected chi connectivity index (χ1v) is 8.33. The van der Waals surface area contributed by atoms with Crippen molar-refractivity contribution in [3.8, 4) is 0 Å². The van der Waals surface area contributed by atoms with Gasteiger partial charge in [0.25, 0.3) is 0 Å². The van der Waals surface area contributed by atoms with Crippen LogP contribution in [0.3, 0.4) is 0 Å². The summed E-state index contributed by atoms with van der Waals surface area (Å²) >= 11 is 7.60. The van der Waals surface area contributed by atoms with Crippen molar-refractivity contribution in [2.24, 2.45) is 0 Å². The summed E-state index contributed by atoms with van der Waals surface area (Å²) in [7, 11) is 0. The molecule has 1 fully saturated rings. The van der Waals surface area contributed by atoms with Crippen LogP contribution in [0, 0.1) is 0 Å². The van der Waals surface area contributed by atoms with Gasteiger partial charge in [-0.15, -0.1) is 11.3 Å². The van der Waals surface area contributed by atoms with Crippen molar-refractivity contribution in [3.05, 3.63) is 34.4 Å². The van der Waals surface area contributed by atoms with Gasteiger partial charge >= 0.3 is 6.18 Å². The van der Waals surface area contributed by atoms with Crippen LogP contribution in [0.5, 0.6) is 0 Å².